The van der Waals surface area contributed by atoms with Crippen molar-refractivity contribution in [3.8, 4) is 23.0 Å². The van der Waals surface area contributed by atoms with E-state index in [0.29, 0.717) is 0 Å². The Morgan fingerprint density at radius 3 is 1.82 bits per heavy atom. The number of hydrogen-bond acceptors (Lipinski definition) is 4. The van der Waals surface area contributed by atoms with Crippen LogP contribution in [0.3, 0.4) is 0 Å². The van der Waals surface area contributed by atoms with Gasteiger partial charge in [0.15, 0.2) is 0 Å². The topological polar surface area (TPSA) is 80.9 Å². The molecular formula is C24H30O4. The summed E-state index contributed by atoms with van der Waals surface area (Å²) in [6, 6.07) is 6.38. The van der Waals surface area contributed by atoms with Gasteiger partial charge in [-0.25, -0.2) is 0 Å². The first-order valence-electron chi connectivity index (χ1n) is 10.2. The maximum atomic E-state index is 11.0. The maximum absolute atomic E-state index is 11.0. The lowest BCUT2D eigenvalue weighted by molar-refractivity contribution is 0.212. The Bertz CT molecular complexity index is 962. The minimum absolute atomic E-state index is 0.0616. The van der Waals surface area contributed by atoms with E-state index < -0.39 is 5.41 Å². The van der Waals surface area contributed by atoms with Gasteiger partial charge in [0.25, 0.3) is 0 Å². The number of fused-ring (bicyclic) bond motifs is 4. The van der Waals surface area contributed by atoms with Gasteiger partial charge in [-0.1, -0.05) is 34.6 Å². The minimum Gasteiger partial charge on any atom is -0.508 e. The van der Waals surface area contributed by atoms with Crippen molar-refractivity contribution in [1.82, 2.24) is 0 Å². The highest BCUT2D eigenvalue weighted by Gasteiger charge is 2.64. The summed E-state index contributed by atoms with van der Waals surface area (Å²) in [4.78, 5) is 0. The summed E-state index contributed by atoms with van der Waals surface area (Å²) in [5, 5.41) is 42.4. The van der Waals surface area contributed by atoms with Gasteiger partial charge in [0.2, 0.25) is 0 Å². The first-order valence-corrected chi connectivity index (χ1v) is 10.2. The van der Waals surface area contributed by atoms with E-state index in [-0.39, 0.29) is 39.7 Å². The lowest BCUT2D eigenvalue weighted by Crippen LogP contribution is -2.38. The van der Waals surface area contributed by atoms with E-state index in [1.54, 1.807) is 12.1 Å². The van der Waals surface area contributed by atoms with E-state index in [2.05, 4.69) is 34.6 Å². The molecule has 4 nitrogen and oxygen atoms in total. The van der Waals surface area contributed by atoms with Crippen LogP contribution in [0.25, 0.3) is 0 Å². The number of hydrogen-bond donors (Lipinski definition) is 4. The van der Waals surface area contributed by atoms with Crippen molar-refractivity contribution in [2.45, 2.75) is 70.1 Å². The second kappa shape index (κ2) is 5.59. The summed E-state index contributed by atoms with van der Waals surface area (Å²) >= 11 is 0. The van der Waals surface area contributed by atoms with Crippen LogP contribution in [0.1, 0.15) is 76.1 Å². The van der Waals surface area contributed by atoms with E-state index in [0.717, 1.165) is 41.5 Å². The highest BCUT2D eigenvalue weighted by atomic mass is 16.3. The molecule has 0 bridgehead atoms. The zero-order chi connectivity index (χ0) is 20.6. The van der Waals surface area contributed by atoms with Crippen LogP contribution < -0.4 is 0 Å². The van der Waals surface area contributed by atoms with E-state index in [1.165, 1.54) is 12.1 Å². The highest BCUT2D eigenvalue weighted by molar-refractivity contribution is 5.69. The molecule has 0 heterocycles. The fourth-order valence-corrected chi connectivity index (χ4v) is 6.28. The Morgan fingerprint density at radius 1 is 0.821 bits per heavy atom. The number of phenolic OH excluding ortho intramolecular Hbond substituents is 4. The van der Waals surface area contributed by atoms with Gasteiger partial charge in [-0.3, -0.25) is 0 Å². The Balaban J connectivity index is 2.17. The molecule has 4 heteroatoms. The van der Waals surface area contributed by atoms with Crippen LogP contribution in [-0.2, 0) is 16.2 Å². The molecule has 28 heavy (non-hydrogen) atoms. The fourth-order valence-electron chi connectivity index (χ4n) is 6.28. The largest absolute Gasteiger partial charge is 0.508 e. The second-order valence-corrected chi connectivity index (χ2v) is 9.33. The summed E-state index contributed by atoms with van der Waals surface area (Å²) in [5.41, 5.74) is 2.49. The Kier molecular flexibility index (Phi) is 3.79. The Labute approximate surface area is 166 Å². The third kappa shape index (κ3) is 2.01. The van der Waals surface area contributed by atoms with Crippen LogP contribution in [0.15, 0.2) is 24.3 Å². The van der Waals surface area contributed by atoms with E-state index in [9.17, 15) is 20.4 Å². The number of benzene rings is 2. The van der Waals surface area contributed by atoms with Gasteiger partial charge in [0.1, 0.15) is 23.0 Å². The highest BCUT2D eigenvalue weighted by Crippen LogP contribution is 2.70. The second-order valence-electron chi connectivity index (χ2n) is 9.33. The number of rotatable bonds is 2. The third-order valence-corrected chi connectivity index (χ3v) is 8.24. The summed E-state index contributed by atoms with van der Waals surface area (Å²) in [6.07, 6.45) is 2.45. The van der Waals surface area contributed by atoms with Crippen molar-refractivity contribution in [3.63, 3.8) is 0 Å². The van der Waals surface area contributed by atoms with Crippen molar-refractivity contribution >= 4 is 0 Å². The van der Waals surface area contributed by atoms with Gasteiger partial charge < -0.3 is 20.4 Å². The molecule has 1 spiro atoms. The number of phenols is 4. The zero-order valence-electron chi connectivity index (χ0n) is 17.3. The zero-order valence-corrected chi connectivity index (χ0v) is 17.3. The van der Waals surface area contributed by atoms with Crippen molar-refractivity contribution in [1.29, 1.82) is 0 Å². The van der Waals surface area contributed by atoms with E-state index >= 15 is 0 Å². The summed E-state index contributed by atoms with van der Waals surface area (Å²) < 4.78 is 0. The van der Waals surface area contributed by atoms with Crippen LogP contribution in [0.2, 0.25) is 0 Å². The standard InChI is InChI=1S/C24H30O4/c1-6-22(4)12-24(20-16(22)8-14(25)10-18(20)27)13(3)23(5,7-2)17-9-15(26)11-19(28)21(17)24/h8-11,13,25-28H,6-7,12H2,1-5H3. The lowest BCUT2D eigenvalue weighted by atomic mass is 9.63. The van der Waals surface area contributed by atoms with Crippen LogP contribution in [0, 0.1) is 5.92 Å². The van der Waals surface area contributed by atoms with Gasteiger partial charge in [0.05, 0.1) is 0 Å². The van der Waals surface area contributed by atoms with Crippen molar-refractivity contribution in [2.75, 3.05) is 0 Å². The van der Waals surface area contributed by atoms with Gasteiger partial charge in [-0.2, -0.15) is 0 Å². The number of aromatic hydroxyl groups is 4. The SMILES string of the molecule is CCC1(C)CC2(c3c(O)cc(O)cc31)c1c(O)cc(O)cc1C(C)(CC)C2C. The van der Waals surface area contributed by atoms with E-state index in [1.807, 2.05) is 0 Å². The molecule has 0 saturated heterocycles. The molecule has 4 N–H and O–H groups in total. The van der Waals surface area contributed by atoms with Crippen LogP contribution in [0.5, 0.6) is 23.0 Å². The van der Waals surface area contributed by atoms with Gasteiger partial charge in [0, 0.05) is 28.7 Å². The normalized spacial score (nSPS) is 33.2. The molecule has 2 aromatic rings. The molecule has 0 amide bonds. The molecule has 4 rings (SSSR count). The predicted molar refractivity (Wildman–Crippen MR) is 109 cm³/mol. The fraction of sp³-hybridized carbons (Fsp3) is 0.500. The molecule has 4 atom stereocenters. The summed E-state index contributed by atoms with van der Waals surface area (Å²) in [6.45, 7) is 10.8. The van der Waals surface area contributed by atoms with Crippen molar-refractivity contribution in [3.05, 3.63) is 46.5 Å². The Morgan fingerprint density at radius 2 is 1.32 bits per heavy atom. The summed E-state index contributed by atoms with van der Waals surface area (Å²) in [7, 11) is 0. The quantitative estimate of drug-likeness (QED) is 0.577. The molecular weight excluding hydrogens is 352 g/mol. The van der Waals surface area contributed by atoms with Gasteiger partial charge >= 0.3 is 0 Å². The third-order valence-electron chi connectivity index (χ3n) is 8.24. The summed E-state index contributed by atoms with van der Waals surface area (Å²) in [5.74, 6) is 0.379. The monoisotopic (exact) mass is 382 g/mol. The Hall–Kier alpha value is -2.36. The van der Waals surface area contributed by atoms with Crippen LogP contribution >= 0.6 is 0 Å². The molecule has 2 aliphatic rings. The molecule has 2 aromatic carbocycles. The molecule has 2 aliphatic carbocycles. The van der Waals surface area contributed by atoms with Crippen molar-refractivity contribution in [2.24, 2.45) is 5.92 Å². The van der Waals surface area contributed by atoms with Crippen LogP contribution in [-0.4, -0.2) is 20.4 Å². The van der Waals surface area contributed by atoms with Gasteiger partial charge in [-0.15, -0.1) is 0 Å². The molecule has 0 aromatic heterocycles. The van der Waals surface area contributed by atoms with Gasteiger partial charge in [-0.05, 0) is 59.3 Å². The molecule has 4 unspecified atom stereocenters. The molecule has 0 aliphatic heterocycles. The average Bonchev–Trinajstić information content (AvgIpc) is 2.99. The molecule has 0 radical (unpaired) electrons. The predicted octanol–water partition coefficient (Wildman–Crippen LogP) is 5.18. The first kappa shape index (κ1) is 19.0. The first-order chi connectivity index (χ1) is 13.0. The molecule has 0 fully saturated rings. The molecule has 150 valence electrons. The van der Waals surface area contributed by atoms with E-state index in [4.69, 9.17) is 0 Å². The maximum Gasteiger partial charge on any atom is 0.123 e. The smallest absolute Gasteiger partial charge is 0.123 e. The lowest BCUT2D eigenvalue weighted by Gasteiger charge is -2.39. The van der Waals surface area contributed by atoms with Crippen molar-refractivity contribution < 1.29 is 20.4 Å². The minimum atomic E-state index is -0.574. The molecule has 0 saturated carbocycles. The van der Waals surface area contributed by atoms with Crippen LogP contribution in [0.4, 0.5) is 0 Å². The average molecular weight is 383 g/mol.